The van der Waals surface area contributed by atoms with Crippen molar-refractivity contribution in [3.05, 3.63) is 34.6 Å². The number of halogens is 2. The number of aliphatic hydroxyl groups is 1. The van der Waals surface area contributed by atoms with E-state index >= 15 is 0 Å². The van der Waals surface area contributed by atoms with Crippen LogP contribution in [0.3, 0.4) is 0 Å². The molecule has 0 bridgehead atoms. The zero-order valence-corrected chi connectivity index (χ0v) is 11.9. The van der Waals surface area contributed by atoms with E-state index < -0.39 is 11.9 Å². The summed E-state index contributed by atoms with van der Waals surface area (Å²) in [4.78, 5) is 0. The van der Waals surface area contributed by atoms with Gasteiger partial charge >= 0.3 is 0 Å². The number of benzene rings is 1. The molecule has 96 valence electrons. The first-order chi connectivity index (χ1) is 7.79. The molecule has 0 heterocycles. The largest absolute Gasteiger partial charge is 0.392 e. The molecule has 0 aliphatic carbocycles. The van der Waals surface area contributed by atoms with Gasteiger partial charge in [-0.3, -0.25) is 0 Å². The molecule has 1 aromatic rings. The number of hydrogen-bond acceptors (Lipinski definition) is 2. The van der Waals surface area contributed by atoms with Crippen LogP contribution in [0.5, 0.6) is 0 Å². The van der Waals surface area contributed by atoms with Crippen LogP contribution in [-0.4, -0.2) is 21.7 Å². The Labute approximate surface area is 111 Å². The van der Waals surface area contributed by atoms with Crippen LogP contribution in [0, 0.1) is 5.82 Å². The normalized spacial score (nSPS) is 13.8. The molecule has 0 aromatic heterocycles. The second kappa shape index (κ2) is 6.07. The molecule has 1 unspecified atom stereocenters. The fourth-order valence-electron chi connectivity index (χ4n) is 1.37. The van der Waals surface area contributed by atoms with Crippen LogP contribution in [0.25, 0.3) is 0 Å². The van der Waals surface area contributed by atoms with Crippen molar-refractivity contribution >= 4 is 23.4 Å². The molecule has 0 aliphatic rings. The highest BCUT2D eigenvalue weighted by Gasteiger charge is 2.16. The van der Waals surface area contributed by atoms with Gasteiger partial charge in [-0.2, -0.15) is 11.8 Å². The molecule has 0 fully saturated rings. The van der Waals surface area contributed by atoms with Crippen LogP contribution in [-0.2, 0) is 6.42 Å². The lowest BCUT2D eigenvalue weighted by atomic mass is 10.1. The molecular weight excluding hydrogens is 259 g/mol. The van der Waals surface area contributed by atoms with Crippen LogP contribution >= 0.6 is 23.4 Å². The van der Waals surface area contributed by atoms with Crippen LogP contribution < -0.4 is 0 Å². The quantitative estimate of drug-likeness (QED) is 0.900. The van der Waals surface area contributed by atoms with E-state index in [1.54, 1.807) is 23.9 Å². The van der Waals surface area contributed by atoms with E-state index in [4.69, 9.17) is 11.6 Å². The Morgan fingerprint density at radius 3 is 2.65 bits per heavy atom. The molecule has 1 N–H and O–H groups in total. The number of thioether (sulfide) groups is 1. The van der Waals surface area contributed by atoms with E-state index in [2.05, 4.69) is 20.8 Å². The van der Waals surface area contributed by atoms with Gasteiger partial charge in [0.25, 0.3) is 0 Å². The van der Waals surface area contributed by atoms with Gasteiger partial charge in [0.05, 0.1) is 11.1 Å². The minimum atomic E-state index is -0.501. The Morgan fingerprint density at radius 1 is 1.41 bits per heavy atom. The van der Waals surface area contributed by atoms with Crippen LogP contribution in [0.15, 0.2) is 18.2 Å². The summed E-state index contributed by atoms with van der Waals surface area (Å²) in [6.45, 7) is 6.29. The van der Waals surface area contributed by atoms with Gasteiger partial charge in [0, 0.05) is 16.9 Å². The molecule has 1 aromatic carbocycles. The third-order valence-corrected chi connectivity index (χ3v) is 4.04. The van der Waals surface area contributed by atoms with Gasteiger partial charge in [-0.25, -0.2) is 4.39 Å². The second-order valence-electron chi connectivity index (χ2n) is 4.99. The van der Waals surface area contributed by atoms with E-state index in [0.29, 0.717) is 17.7 Å². The summed E-state index contributed by atoms with van der Waals surface area (Å²) >= 11 is 7.52. The summed E-state index contributed by atoms with van der Waals surface area (Å²) in [5, 5.41) is 10.00. The molecule has 0 spiro atoms. The minimum absolute atomic E-state index is 0.118. The van der Waals surface area contributed by atoms with Crippen molar-refractivity contribution in [2.75, 3.05) is 5.75 Å². The Hall–Kier alpha value is -0.250. The minimum Gasteiger partial charge on any atom is -0.392 e. The number of rotatable bonds is 4. The molecule has 0 amide bonds. The van der Waals surface area contributed by atoms with Crippen molar-refractivity contribution < 1.29 is 9.50 Å². The molecule has 0 saturated carbocycles. The van der Waals surface area contributed by atoms with Gasteiger partial charge in [-0.15, -0.1) is 0 Å². The third kappa shape index (κ3) is 5.28. The van der Waals surface area contributed by atoms with Crippen molar-refractivity contribution in [2.24, 2.45) is 0 Å². The standard InChI is InChI=1S/C13H18ClFOS/c1-13(2,3)17-8-10(16)7-9-5-4-6-11(15)12(9)14/h4-6,10,16H,7-8H2,1-3H3. The van der Waals surface area contributed by atoms with Crippen LogP contribution in [0.2, 0.25) is 5.02 Å². The highest BCUT2D eigenvalue weighted by molar-refractivity contribution is 8.00. The maximum atomic E-state index is 13.2. The summed E-state index contributed by atoms with van der Waals surface area (Å²) < 4.78 is 13.3. The Bertz CT molecular complexity index is 376. The highest BCUT2D eigenvalue weighted by atomic mass is 35.5. The summed E-state index contributed by atoms with van der Waals surface area (Å²) in [5.41, 5.74) is 0.661. The SMILES string of the molecule is CC(C)(C)SCC(O)Cc1cccc(F)c1Cl. The van der Waals surface area contributed by atoms with Crippen molar-refractivity contribution in [3.8, 4) is 0 Å². The summed E-state index contributed by atoms with van der Waals surface area (Å²) in [6.07, 6.45) is -0.113. The Morgan fingerprint density at radius 2 is 2.06 bits per heavy atom. The smallest absolute Gasteiger partial charge is 0.142 e. The lowest BCUT2D eigenvalue weighted by Crippen LogP contribution is -2.19. The van der Waals surface area contributed by atoms with E-state index in [1.807, 2.05) is 0 Å². The first kappa shape index (κ1) is 14.8. The van der Waals surface area contributed by atoms with E-state index in [0.717, 1.165) is 0 Å². The van der Waals surface area contributed by atoms with Gasteiger partial charge in [-0.05, 0) is 11.6 Å². The average Bonchev–Trinajstić information content (AvgIpc) is 2.21. The molecule has 1 atom stereocenters. The monoisotopic (exact) mass is 276 g/mol. The first-order valence-electron chi connectivity index (χ1n) is 5.54. The van der Waals surface area contributed by atoms with Crippen LogP contribution in [0.4, 0.5) is 4.39 Å². The fourth-order valence-corrected chi connectivity index (χ4v) is 2.38. The van der Waals surface area contributed by atoms with Gasteiger partial charge in [0.2, 0.25) is 0 Å². The van der Waals surface area contributed by atoms with E-state index in [1.165, 1.54) is 6.07 Å². The maximum absolute atomic E-state index is 13.2. The predicted molar refractivity (Wildman–Crippen MR) is 73.3 cm³/mol. The van der Waals surface area contributed by atoms with E-state index in [9.17, 15) is 9.50 Å². The molecule has 0 aliphatic heterocycles. The summed E-state index contributed by atoms with van der Waals surface area (Å²) in [6, 6.07) is 4.68. The van der Waals surface area contributed by atoms with Crippen molar-refractivity contribution in [2.45, 2.75) is 38.0 Å². The van der Waals surface area contributed by atoms with Crippen molar-refractivity contribution in [1.82, 2.24) is 0 Å². The maximum Gasteiger partial charge on any atom is 0.142 e. The third-order valence-electron chi connectivity index (χ3n) is 2.20. The Balaban J connectivity index is 2.56. The average molecular weight is 277 g/mol. The summed E-state index contributed by atoms with van der Waals surface area (Å²) in [5.74, 6) is 0.191. The van der Waals surface area contributed by atoms with Gasteiger partial charge in [0.15, 0.2) is 0 Å². The molecule has 4 heteroatoms. The topological polar surface area (TPSA) is 20.2 Å². The highest BCUT2D eigenvalue weighted by Crippen LogP contribution is 2.26. The molecule has 17 heavy (non-hydrogen) atoms. The molecular formula is C13H18ClFOS. The molecule has 1 nitrogen and oxygen atoms in total. The zero-order chi connectivity index (χ0) is 13.1. The zero-order valence-electron chi connectivity index (χ0n) is 10.3. The fraction of sp³-hybridized carbons (Fsp3) is 0.538. The lowest BCUT2D eigenvalue weighted by Gasteiger charge is -2.20. The van der Waals surface area contributed by atoms with Crippen molar-refractivity contribution in [3.63, 3.8) is 0 Å². The van der Waals surface area contributed by atoms with Gasteiger partial charge < -0.3 is 5.11 Å². The number of aliphatic hydroxyl groups excluding tert-OH is 1. The predicted octanol–water partition coefficient (Wildman–Crippen LogP) is 3.91. The first-order valence-corrected chi connectivity index (χ1v) is 6.91. The van der Waals surface area contributed by atoms with Gasteiger partial charge in [0.1, 0.15) is 5.82 Å². The number of hydrogen-bond donors (Lipinski definition) is 1. The summed E-state index contributed by atoms with van der Waals surface area (Å²) in [7, 11) is 0. The van der Waals surface area contributed by atoms with E-state index in [-0.39, 0.29) is 9.77 Å². The molecule has 0 radical (unpaired) electrons. The Kier molecular flexibility index (Phi) is 5.29. The van der Waals surface area contributed by atoms with Gasteiger partial charge in [-0.1, -0.05) is 44.5 Å². The van der Waals surface area contributed by atoms with Crippen LogP contribution in [0.1, 0.15) is 26.3 Å². The lowest BCUT2D eigenvalue weighted by molar-refractivity contribution is 0.200. The molecule has 1 rings (SSSR count). The van der Waals surface area contributed by atoms with Crippen molar-refractivity contribution in [1.29, 1.82) is 0 Å². The molecule has 0 saturated heterocycles. The second-order valence-corrected chi connectivity index (χ2v) is 7.22.